The summed E-state index contributed by atoms with van der Waals surface area (Å²) in [5, 5.41) is 10.6. The number of hydrogen-bond donors (Lipinski definition) is 1. The van der Waals surface area contributed by atoms with E-state index in [0.29, 0.717) is 6.42 Å². The molecule has 3 unspecified atom stereocenters. The van der Waals surface area contributed by atoms with Crippen LogP contribution in [0.15, 0.2) is 84.9 Å². The summed E-state index contributed by atoms with van der Waals surface area (Å²) in [5.74, 6) is 0.0909. The minimum atomic E-state index is -0.850. The molecular formula is C34H42BNO4. The van der Waals surface area contributed by atoms with E-state index >= 15 is 0 Å². The third kappa shape index (κ3) is 6.13. The lowest BCUT2D eigenvalue weighted by atomic mass is 9.62. The highest BCUT2D eigenvalue weighted by molar-refractivity contribution is 6.47. The molecule has 6 heteroatoms. The number of hydrogen-bond acceptors (Lipinski definition) is 3. The maximum absolute atomic E-state index is 12.9. The standard InChI is InChI=1S/C34H42BNO4/c1-33(2)34(3,4)40-35(39-33)28-23-29(20-13-18-25-14-7-5-8-15-25)36(32(37)38)31(24-28)30-21-12-11-19-27(30)22-26-16-9-6-10-17-26/h5-12,14-17,19,21,28-29,31H,13,18,20,22-24H2,1-4H3,(H,37,38). The van der Waals surface area contributed by atoms with Crippen LogP contribution in [0, 0.1) is 0 Å². The summed E-state index contributed by atoms with van der Waals surface area (Å²) in [7, 11) is -0.360. The summed E-state index contributed by atoms with van der Waals surface area (Å²) in [4.78, 5) is 14.7. The van der Waals surface area contributed by atoms with Gasteiger partial charge in [-0.1, -0.05) is 84.9 Å². The lowest BCUT2D eigenvalue weighted by Gasteiger charge is -2.45. The maximum atomic E-state index is 12.9. The molecule has 3 atom stereocenters. The molecule has 2 fully saturated rings. The number of likely N-dealkylation sites (tertiary alicyclic amines) is 1. The van der Waals surface area contributed by atoms with Crippen molar-refractivity contribution < 1.29 is 19.2 Å². The normalized spacial score (nSPS) is 23.8. The first-order valence-electron chi connectivity index (χ1n) is 14.7. The Morgan fingerprint density at radius 3 is 2.05 bits per heavy atom. The zero-order valence-electron chi connectivity index (χ0n) is 24.3. The van der Waals surface area contributed by atoms with E-state index in [1.807, 2.05) is 18.2 Å². The number of nitrogens with zero attached hydrogens (tertiary/aromatic N) is 1. The predicted molar refractivity (Wildman–Crippen MR) is 161 cm³/mol. The predicted octanol–water partition coefficient (Wildman–Crippen LogP) is 7.95. The van der Waals surface area contributed by atoms with Crippen molar-refractivity contribution in [1.29, 1.82) is 0 Å². The van der Waals surface area contributed by atoms with Gasteiger partial charge in [-0.2, -0.15) is 0 Å². The summed E-state index contributed by atoms with van der Waals surface area (Å²) in [6.45, 7) is 8.35. The van der Waals surface area contributed by atoms with Crippen LogP contribution >= 0.6 is 0 Å². The molecule has 3 aromatic carbocycles. The molecule has 5 nitrogen and oxygen atoms in total. The molecule has 2 heterocycles. The number of aryl methyl sites for hydroxylation is 1. The van der Waals surface area contributed by atoms with Gasteiger partial charge < -0.3 is 14.4 Å². The molecule has 5 rings (SSSR count). The highest BCUT2D eigenvalue weighted by atomic mass is 16.7. The van der Waals surface area contributed by atoms with Gasteiger partial charge in [-0.3, -0.25) is 4.90 Å². The zero-order chi connectivity index (χ0) is 28.3. The summed E-state index contributed by atoms with van der Waals surface area (Å²) >= 11 is 0. The lowest BCUT2D eigenvalue weighted by molar-refractivity contribution is 0.00578. The van der Waals surface area contributed by atoms with Crippen LogP contribution < -0.4 is 0 Å². The fourth-order valence-electron chi connectivity index (χ4n) is 6.36. The van der Waals surface area contributed by atoms with E-state index in [2.05, 4.69) is 94.4 Å². The Morgan fingerprint density at radius 2 is 1.43 bits per heavy atom. The largest absolute Gasteiger partial charge is 0.465 e. The summed E-state index contributed by atoms with van der Waals surface area (Å²) < 4.78 is 13.1. The van der Waals surface area contributed by atoms with Crippen molar-refractivity contribution in [2.75, 3.05) is 0 Å². The lowest BCUT2D eigenvalue weighted by Crippen LogP contribution is -2.49. The molecule has 0 spiro atoms. The van der Waals surface area contributed by atoms with Crippen LogP contribution in [0.4, 0.5) is 4.79 Å². The first-order valence-corrected chi connectivity index (χ1v) is 14.7. The van der Waals surface area contributed by atoms with Gasteiger partial charge in [0, 0.05) is 6.04 Å². The fourth-order valence-corrected chi connectivity index (χ4v) is 6.36. The second kappa shape index (κ2) is 11.8. The molecule has 1 N–H and O–H groups in total. The smallest absolute Gasteiger partial charge is 0.461 e. The second-order valence-electron chi connectivity index (χ2n) is 12.5. The van der Waals surface area contributed by atoms with Gasteiger partial charge in [0.15, 0.2) is 0 Å². The molecule has 2 aliphatic rings. The Bertz CT molecular complexity index is 1260. The van der Waals surface area contributed by atoms with E-state index in [-0.39, 0.29) is 25.0 Å². The first kappa shape index (κ1) is 28.4. The summed E-state index contributed by atoms with van der Waals surface area (Å²) in [6, 6.07) is 28.8. The van der Waals surface area contributed by atoms with Crippen molar-refractivity contribution in [3.63, 3.8) is 0 Å². The number of benzene rings is 3. The Morgan fingerprint density at radius 1 is 0.850 bits per heavy atom. The molecule has 0 radical (unpaired) electrons. The van der Waals surface area contributed by atoms with Crippen molar-refractivity contribution >= 4 is 13.2 Å². The van der Waals surface area contributed by atoms with Crippen LogP contribution in [0.5, 0.6) is 0 Å². The molecule has 0 aliphatic carbocycles. The van der Waals surface area contributed by atoms with Crippen LogP contribution in [0.25, 0.3) is 0 Å². The van der Waals surface area contributed by atoms with Crippen molar-refractivity contribution in [1.82, 2.24) is 4.90 Å². The summed E-state index contributed by atoms with van der Waals surface area (Å²) in [5.41, 5.74) is 3.91. The van der Waals surface area contributed by atoms with E-state index in [9.17, 15) is 9.90 Å². The highest BCUT2D eigenvalue weighted by Crippen LogP contribution is 2.49. The van der Waals surface area contributed by atoms with E-state index in [1.54, 1.807) is 4.90 Å². The van der Waals surface area contributed by atoms with Crippen LogP contribution in [-0.4, -0.2) is 40.5 Å². The Hall–Kier alpha value is -3.09. The van der Waals surface area contributed by atoms with Gasteiger partial charge in [-0.05, 0) is 94.3 Å². The highest BCUT2D eigenvalue weighted by Gasteiger charge is 2.56. The van der Waals surface area contributed by atoms with Gasteiger partial charge >= 0.3 is 13.2 Å². The quantitative estimate of drug-likeness (QED) is 0.295. The van der Waals surface area contributed by atoms with Gasteiger partial charge in [0.2, 0.25) is 0 Å². The maximum Gasteiger partial charge on any atom is 0.461 e. The third-order valence-corrected chi connectivity index (χ3v) is 9.20. The zero-order valence-corrected chi connectivity index (χ0v) is 24.3. The molecule has 1 amide bonds. The molecule has 2 aliphatic heterocycles. The minimum absolute atomic E-state index is 0.0909. The topological polar surface area (TPSA) is 59.0 Å². The second-order valence-corrected chi connectivity index (χ2v) is 12.5. The van der Waals surface area contributed by atoms with Crippen LogP contribution in [-0.2, 0) is 22.2 Å². The Labute approximate surface area is 239 Å². The van der Waals surface area contributed by atoms with Crippen molar-refractivity contribution in [3.8, 4) is 0 Å². The van der Waals surface area contributed by atoms with Crippen molar-refractivity contribution in [3.05, 3.63) is 107 Å². The molecule has 0 saturated carbocycles. The molecular weight excluding hydrogens is 497 g/mol. The average Bonchev–Trinajstić information content (AvgIpc) is 3.16. The van der Waals surface area contributed by atoms with E-state index in [0.717, 1.165) is 37.7 Å². The number of rotatable bonds is 8. The monoisotopic (exact) mass is 539 g/mol. The van der Waals surface area contributed by atoms with E-state index in [4.69, 9.17) is 9.31 Å². The fraction of sp³-hybridized carbons (Fsp3) is 0.441. The van der Waals surface area contributed by atoms with Gasteiger partial charge in [0.05, 0.1) is 17.2 Å². The van der Waals surface area contributed by atoms with Gasteiger partial charge in [-0.25, -0.2) is 4.79 Å². The van der Waals surface area contributed by atoms with Crippen LogP contribution in [0.1, 0.15) is 81.7 Å². The summed E-state index contributed by atoms with van der Waals surface area (Å²) in [6.07, 6.45) is 3.97. The van der Waals surface area contributed by atoms with Crippen molar-refractivity contribution in [2.24, 2.45) is 0 Å². The number of amides is 1. The SMILES string of the molecule is CC1(C)OB(C2CC(CCCc3ccccc3)N(C(=O)O)C(c3ccccc3Cc3ccccc3)C2)OC1(C)C. The number of piperidine rings is 1. The average molecular weight is 540 g/mol. The molecule has 0 aromatic heterocycles. The van der Waals surface area contributed by atoms with Crippen molar-refractivity contribution in [2.45, 2.75) is 95.3 Å². The molecule has 40 heavy (non-hydrogen) atoms. The number of carboxylic acid groups (broad SMARTS) is 1. The van der Waals surface area contributed by atoms with Gasteiger partial charge in [0.1, 0.15) is 0 Å². The molecule has 3 aromatic rings. The third-order valence-electron chi connectivity index (χ3n) is 9.20. The van der Waals surface area contributed by atoms with E-state index < -0.39 is 17.3 Å². The Kier molecular flexibility index (Phi) is 8.39. The van der Waals surface area contributed by atoms with Crippen LogP contribution in [0.2, 0.25) is 5.82 Å². The van der Waals surface area contributed by atoms with Gasteiger partial charge in [-0.15, -0.1) is 0 Å². The molecule has 2 saturated heterocycles. The van der Waals surface area contributed by atoms with E-state index in [1.165, 1.54) is 16.7 Å². The van der Waals surface area contributed by atoms with Gasteiger partial charge in [0.25, 0.3) is 0 Å². The van der Waals surface area contributed by atoms with Crippen LogP contribution in [0.3, 0.4) is 0 Å². The first-order chi connectivity index (χ1) is 19.1. The number of carbonyl (C=O) groups is 1. The minimum Gasteiger partial charge on any atom is -0.465 e. The molecule has 0 bridgehead atoms. The molecule has 210 valence electrons. The Balaban J connectivity index is 1.46.